The highest BCUT2D eigenvalue weighted by atomic mass is 32.2. The molecule has 0 aliphatic rings. The van der Waals surface area contributed by atoms with Crippen molar-refractivity contribution in [2.45, 2.75) is 59.2 Å². The molecular formula is C26H37N3O5S. The van der Waals surface area contributed by atoms with E-state index in [0.717, 1.165) is 28.1 Å². The Morgan fingerprint density at radius 2 is 1.71 bits per heavy atom. The lowest BCUT2D eigenvalue weighted by Gasteiger charge is -2.33. The van der Waals surface area contributed by atoms with E-state index in [1.54, 1.807) is 18.2 Å². The van der Waals surface area contributed by atoms with Crippen molar-refractivity contribution in [1.29, 1.82) is 0 Å². The number of amides is 2. The van der Waals surface area contributed by atoms with Crippen molar-refractivity contribution >= 4 is 27.5 Å². The maximum absolute atomic E-state index is 13.7. The van der Waals surface area contributed by atoms with E-state index >= 15 is 0 Å². The highest BCUT2D eigenvalue weighted by Gasteiger charge is 2.32. The number of hydrogen-bond acceptors (Lipinski definition) is 5. The fraction of sp³-hybridized carbons (Fsp3) is 0.462. The lowest BCUT2D eigenvalue weighted by Crippen LogP contribution is -2.53. The minimum absolute atomic E-state index is 0.0469. The van der Waals surface area contributed by atoms with Gasteiger partial charge in [-0.25, -0.2) is 8.42 Å². The van der Waals surface area contributed by atoms with Crippen LogP contribution >= 0.6 is 0 Å². The number of benzene rings is 2. The van der Waals surface area contributed by atoms with Crippen LogP contribution in [0.25, 0.3) is 0 Å². The molecule has 9 heteroatoms. The van der Waals surface area contributed by atoms with Gasteiger partial charge >= 0.3 is 0 Å². The molecule has 0 bridgehead atoms. The number of sulfonamides is 1. The van der Waals surface area contributed by atoms with Gasteiger partial charge in [-0.1, -0.05) is 50.2 Å². The van der Waals surface area contributed by atoms with Gasteiger partial charge in [-0.15, -0.1) is 0 Å². The second-order valence-electron chi connectivity index (χ2n) is 8.69. The zero-order chi connectivity index (χ0) is 26.2. The van der Waals surface area contributed by atoms with Crippen molar-refractivity contribution in [3.63, 3.8) is 0 Å². The van der Waals surface area contributed by atoms with Gasteiger partial charge in [0.25, 0.3) is 0 Å². The molecule has 0 saturated carbocycles. The summed E-state index contributed by atoms with van der Waals surface area (Å²) < 4.78 is 32.0. The Hall–Kier alpha value is -3.07. The van der Waals surface area contributed by atoms with Gasteiger partial charge in [0, 0.05) is 12.6 Å². The van der Waals surface area contributed by atoms with E-state index in [0.29, 0.717) is 12.2 Å². The van der Waals surface area contributed by atoms with Crippen molar-refractivity contribution in [1.82, 2.24) is 10.2 Å². The van der Waals surface area contributed by atoms with E-state index < -0.39 is 28.5 Å². The molecule has 0 aliphatic heterocycles. The smallest absolute Gasteiger partial charge is 0.244 e. The van der Waals surface area contributed by atoms with E-state index in [2.05, 4.69) is 5.32 Å². The van der Waals surface area contributed by atoms with Gasteiger partial charge in [0.15, 0.2) is 0 Å². The number of aryl methyl sites for hydroxylation is 1. The highest BCUT2D eigenvalue weighted by Crippen LogP contribution is 2.31. The molecule has 0 unspecified atom stereocenters. The standard InChI is InChI=1S/C26H37N3O5S/c1-7-20(4)27-26(31)22(8-2)28(17-21-12-10-9-11-13-21)25(30)18-29(35(6,32)33)23-16-19(3)14-15-24(23)34-5/h9-16,20,22H,7-8,17-18H2,1-6H3,(H,27,31)/t20-,22-/m0/s1. The number of rotatable bonds is 12. The Kier molecular flexibility index (Phi) is 10.1. The van der Waals surface area contributed by atoms with Crippen molar-refractivity contribution in [3.05, 3.63) is 59.7 Å². The zero-order valence-electron chi connectivity index (χ0n) is 21.4. The summed E-state index contributed by atoms with van der Waals surface area (Å²) in [5.41, 5.74) is 1.94. The third-order valence-electron chi connectivity index (χ3n) is 5.86. The van der Waals surface area contributed by atoms with E-state index in [9.17, 15) is 18.0 Å². The molecule has 0 fully saturated rings. The number of carbonyl (C=O) groups is 2. The number of hydrogen-bond donors (Lipinski definition) is 1. The van der Waals surface area contributed by atoms with Crippen LogP contribution in [0.4, 0.5) is 5.69 Å². The van der Waals surface area contributed by atoms with Crippen molar-refractivity contribution in [2.75, 3.05) is 24.2 Å². The first-order chi connectivity index (χ1) is 16.5. The summed E-state index contributed by atoms with van der Waals surface area (Å²) in [6.07, 6.45) is 2.19. The molecule has 2 amide bonds. The normalized spacial score (nSPS) is 13.0. The minimum Gasteiger partial charge on any atom is -0.495 e. The predicted octanol–water partition coefficient (Wildman–Crippen LogP) is 3.49. The van der Waals surface area contributed by atoms with Gasteiger partial charge in [-0.3, -0.25) is 13.9 Å². The van der Waals surface area contributed by atoms with Crippen LogP contribution in [0, 0.1) is 6.92 Å². The van der Waals surface area contributed by atoms with Crippen LogP contribution in [0.15, 0.2) is 48.5 Å². The molecule has 2 atom stereocenters. The Bertz CT molecular complexity index is 1110. The molecule has 0 aliphatic carbocycles. The average Bonchev–Trinajstić information content (AvgIpc) is 2.82. The third-order valence-corrected chi connectivity index (χ3v) is 6.99. The zero-order valence-corrected chi connectivity index (χ0v) is 22.3. The van der Waals surface area contributed by atoms with E-state index in [1.165, 1.54) is 12.0 Å². The Balaban J connectivity index is 2.48. The van der Waals surface area contributed by atoms with Gasteiger partial charge in [-0.05, 0) is 49.9 Å². The number of carbonyl (C=O) groups excluding carboxylic acids is 2. The summed E-state index contributed by atoms with van der Waals surface area (Å²) in [6, 6.07) is 13.7. The molecule has 0 saturated heterocycles. The maximum atomic E-state index is 13.7. The van der Waals surface area contributed by atoms with Crippen LogP contribution in [0.3, 0.4) is 0 Å². The molecule has 8 nitrogen and oxygen atoms in total. The molecule has 35 heavy (non-hydrogen) atoms. The molecule has 0 heterocycles. The minimum atomic E-state index is -3.84. The third kappa shape index (κ3) is 7.71. The van der Waals surface area contributed by atoms with Crippen LogP contribution in [0.1, 0.15) is 44.7 Å². The van der Waals surface area contributed by atoms with Gasteiger partial charge in [0.05, 0.1) is 19.1 Å². The van der Waals surface area contributed by atoms with Crippen LogP contribution in [-0.4, -0.2) is 57.1 Å². The molecule has 192 valence electrons. The highest BCUT2D eigenvalue weighted by molar-refractivity contribution is 7.92. The number of nitrogens with zero attached hydrogens (tertiary/aromatic N) is 2. The molecule has 2 aromatic rings. The van der Waals surface area contributed by atoms with Gasteiger partial charge in [0.1, 0.15) is 18.3 Å². The fourth-order valence-corrected chi connectivity index (χ4v) is 4.58. The summed E-state index contributed by atoms with van der Waals surface area (Å²) in [4.78, 5) is 28.3. The second kappa shape index (κ2) is 12.6. The SMILES string of the molecule is CC[C@H](C)NC(=O)[C@H](CC)N(Cc1ccccc1)C(=O)CN(c1cc(C)ccc1OC)S(C)(=O)=O. The average molecular weight is 504 g/mol. The molecule has 2 rings (SSSR count). The molecule has 0 spiro atoms. The first-order valence-corrected chi connectivity index (χ1v) is 13.6. The topological polar surface area (TPSA) is 96.0 Å². The second-order valence-corrected chi connectivity index (χ2v) is 10.6. The van der Waals surface area contributed by atoms with Gasteiger partial charge in [-0.2, -0.15) is 0 Å². The van der Waals surface area contributed by atoms with Crippen LogP contribution in [0.2, 0.25) is 0 Å². The van der Waals surface area contributed by atoms with Crippen molar-refractivity contribution in [3.8, 4) is 5.75 Å². The lowest BCUT2D eigenvalue weighted by atomic mass is 10.1. The molecule has 1 N–H and O–H groups in total. The van der Waals surface area contributed by atoms with Crippen LogP contribution in [-0.2, 0) is 26.2 Å². The van der Waals surface area contributed by atoms with Crippen molar-refractivity contribution in [2.24, 2.45) is 0 Å². The molecule has 0 radical (unpaired) electrons. The van der Waals surface area contributed by atoms with E-state index in [1.807, 2.05) is 58.0 Å². The van der Waals surface area contributed by atoms with E-state index in [-0.39, 0.29) is 24.2 Å². The summed E-state index contributed by atoms with van der Waals surface area (Å²) in [7, 11) is -2.39. The predicted molar refractivity (Wildman–Crippen MR) is 139 cm³/mol. The number of methoxy groups -OCH3 is 1. The Morgan fingerprint density at radius 1 is 1.06 bits per heavy atom. The summed E-state index contributed by atoms with van der Waals surface area (Å²) >= 11 is 0. The lowest BCUT2D eigenvalue weighted by molar-refractivity contribution is -0.140. The number of anilines is 1. The fourth-order valence-electron chi connectivity index (χ4n) is 3.73. The maximum Gasteiger partial charge on any atom is 0.244 e. The largest absolute Gasteiger partial charge is 0.495 e. The molecule has 2 aromatic carbocycles. The first kappa shape index (κ1) is 28.2. The van der Waals surface area contributed by atoms with Crippen LogP contribution < -0.4 is 14.4 Å². The molecular weight excluding hydrogens is 466 g/mol. The van der Waals surface area contributed by atoms with Gasteiger partial charge < -0.3 is 15.0 Å². The first-order valence-electron chi connectivity index (χ1n) is 11.8. The van der Waals surface area contributed by atoms with Crippen molar-refractivity contribution < 1.29 is 22.7 Å². The molecule has 0 aromatic heterocycles. The monoisotopic (exact) mass is 503 g/mol. The Labute approximate surface area is 209 Å². The van der Waals surface area contributed by atoms with Crippen LogP contribution in [0.5, 0.6) is 5.75 Å². The van der Waals surface area contributed by atoms with E-state index in [4.69, 9.17) is 4.74 Å². The van der Waals surface area contributed by atoms with Gasteiger partial charge in [0.2, 0.25) is 21.8 Å². The number of nitrogens with one attached hydrogen (secondary N) is 1. The Morgan fingerprint density at radius 3 is 2.26 bits per heavy atom. The number of ether oxygens (including phenoxy) is 1. The summed E-state index contributed by atoms with van der Waals surface area (Å²) in [6.45, 7) is 7.26. The summed E-state index contributed by atoms with van der Waals surface area (Å²) in [5, 5.41) is 2.96. The quantitative estimate of drug-likeness (QED) is 0.478. The summed E-state index contributed by atoms with van der Waals surface area (Å²) in [5.74, 6) is -0.399.